The van der Waals surface area contributed by atoms with E-state index < -0.39 is 0 Å². The predicted octanol–water partition coefficient (Wildman–Crippen LogP) is 3.22. The van der Waals surface area contributed by atoms with Crippen LogP contribution >= 0.6 is 0 Å². The highest BCUT2D eigenvalue weighted by atomic mass is 16.5. The highest BCUT2D eigenvalue weighted by Crippen LogP contribution is 2.31. The first-order chi connectivity index (χ1) is 14.1. The molecule has 4 rings (SSSR count). The fraction of sp³-hybridized carbons (Fsp3) is 0.304. The predicted molar refractivity (Wildman–Crippen MR) is 113 cm³/mol. The number of aromatic nitrogens is 2. The average Bonchev–Trinajstić information content (AvgIpc) is 3.28. The van der Waals surface area contributed by atoms with Gasteiger partial charge in [-0.25, -0.2) is 0 Å². The van der Waals surface area contributed by atoms with Gasteiger partial charge in [0.2, 0.25) is 0 Å². The zero-order valence-corrected chi connectivity index (χ0v) is 16.8. The van der Waals surface area contributed by atoms with Crippen molar-refractivity contribution in [1.82, 2.24) is 20.0 Å². The molecule has 0 spiro atoms. The first-order valence-corrected chi connectivity index (χ1v) is 9.85. The second-order valence-electron chi connectivity index (χ2n) is 7.57. The highest BCUT2D eigenvalue weighted by Gasteiger charge is 2.36. The Bertz CT molecular complexity index is 923. The van der Waals surface area contributed by atoms with Gasteiger partial charge in [-0.2, -0.15) is 5.10 Å². The molecule has 0 unspecified atom stereocenters. The summed E-state index contributed by atoms with van der Waals surface area (Å²) in [7, 11) is 4.06. The van der Waals surface area contributed by atoms with E-state index in [0.29, 0.717) is 18.7 Å². The standard InChI is InChI=1S/C23H26N4O2/c1-26(2)16-21-22(18-6-4-3-5-7-18)27(14-15-29-21)23(28)19-10-8-17(9-11-19)20-12-13-24-25-20/h3-13,21-22H,14-16H2,1-2H3,(H,24,25)/t21-,22-/m0/s1. The first kappa shape index (κ1) is 19.4. The SMILES string of the molecule is CN(C)C[C@@H]1OCCN(C(=O)c2ccc(-c3ccn[nH]3)cc2)[C@H]1c1ccccc1. The number of rotatable bonds is 5. The number of amides is 1. The number of likely N-dealkylation sites (N-methyl/N-ethyl adjacent to an activating group) is 1. The minimum absolute atomic E-state index is 0.0297. The van der Waals surface area contributed by atoms with Crippen molar-refractivity contribution in [3.05, 3.63) is 78.0 Å². The Labute approximate surface area is 171 Å². The second kappa shape index (κ2) is 8.59. The summed E-state index contributed by atoms with van der Waals surface area (Å²) in [5.74, 6) is 0.0297. The molecule has 2 heterocycles. The zero-order valence-electron chi connectivity index (χ0n) is 16.8. The van der Waals surface area contributed by atoms with Gasteiger partial charge in [-0.1, -0.05) is 42.5 Å². The van der Waals surface area contributed by atoms with Gasteiger partial charge in [0, 0.05) is 24.8 Å². The van der Waals surface area contributed by atoms with Crippen LogP contribution < -0.4 is 0 Å². The molecular formula is C23H26N4O2. The minimum atomic E-state index is -0.118. The topological polar surface area (TPSA) is 61.5 Å². The number of carbonyl (C=O) groups is 1. The van der Waals surface area contributed by atoms with Crippen molar-refractivity contribution in [2.45, 2.75) is 12.1 Å². The summed E-state index contributed by atoms with van der Waals surface area (Å²) in [6, 6.07) is 19.6. The molecule has 0 radical (unpaired) electrons. The molecule has 29 heavy (non-hydrogen) atoms. The Morgan fingerprint density at radius 3 is 2.55 bits per heavy atom. The molecule has 3 aromatic rings. The normalized spacial score (nSPS) is 19.5. The van der Waals surface area contributed by atoms with Crippen LogP contribution in [0.3, 0.4) is 0 Å². The van der Waals surface area contributed by atoms with Crippen LogP contribution in [0.5, 0.6) is 0 Å². The maximum atomic E-state index is 13.4. The Hall–Kier alpha value is -2.96. The van der Waals surface area contributed by atoms with Crippen LogP contribution in [-0.2, 0) is 4.74 Å². The third kappa shape index (κ3) is 4.23. The van der Waals surface area contributed by atoms with Gasteiger partial charge in [-0.15, -0.1) is 0 Å². The van der Waals surface area contributed by atoms with Gasteiger partial charge in [-0.05, 0) is 43.4 Å². The number of carbonyl (C=O) groups excluding carboxylic acids is 1. The summed E-state index contributed by atoms with van der Waals surface area (Å²) in [5.41, 5.74) is 3.72. The van der Waals surface area contributed by atoms with Crippen molar-refractivity contribution in [2.75, 3.05) is 33.8 Å². The first-order valence-electron chi connectivity index (χ1n) is 9.85. The molecule has 2 atom stereocenters. The summed E-state index contributed by atoms with van der Waals surface area (Å²) in [5, 5.41) is 6.94. The summed E-state index contributed by atoms with van der Waals surface area (Å²) >= 11 is 0. The Kier molecular flexibility index (Phi) is 5.74. The molecule has 6 heteroatoms. The van der Waals surface area contributed by atoms with Crippen molar-refractivity contribution in [3.63, 3.8) is 0 Å². The average molecular weight is 390 g/mol. The molecule has 0 bridgehead atoms. The summed E-state index contributed by atoms with van der Waals surface area (Å²) in [6.07, 6.45) is 1.65. The lowest BCUT2D eigenvalue weighted by Gasteiger charge is -2.42. The minimum Gasteiger partial charge on any atom is -0.373 e. The van der Waals surface area contributed by atoms with Gasteiger partial charge < -0.3 is 14.5 Å². The van der Waals surface area contributed by atoms with E-state index in [1.54, 1.807) is 6.20 Å². The van der Waals surface area contributed by atoms with E-state index in [0.717, 1.165) is 23.4 Å². The molecular weight excluding hydrogens is 364 g/mol. The van der Waals surface area contributed by atoms with Crippen molar-refractivity contribution in [3.8, 4) is 11.3 Å². The van der Waals surface area contributed by atoms with Gasteiger partial charge in [0.15, 0.2) is 0 Å². The number of H-pyrrole nitrogens is 1. The molecule has 0 aliphatic carbocycles. The molecule has 1 saturated heterocycles. The van der Waals surface area contributed by atoms with Crippen LogP contribution in [0.1, 0.15) is 22.0 Å². The molecule has 0 saturated carbocycles. The van der Waals surface area contributed by atoms with Crippen molar-refractivity contribution in [1.29, 1.82) is 0 Å². The Morgan fingerprint density at radius 2 is 1.90 bits per heavy atom. The van der Waals surface area contributed by atoms with Crippen LogP contribution in [0.4, 0.5) is 0 Å². The van der Waals surface area contributed by atoms with Crippen LogP contribution in [0.25, 0.3) is 11.3 Å². The number of hydrogen-bond donors (Lipinski definition) is 1. The Morgan fingerprint density at radius 1 is 1.14 bits per heavy atom. The van der Waals surface area contributed by atoms with Crippen LogP contribution in [0.2, 0.25) is 0 Å². The molecule has 1 fully saturated rings. The largest absolute Gasteiger partial charge is 0.373 e. The summed E-state index contributed by atoms with van der Waals surface area (Å²) in [4.78, 5) is 17.5. The monoisotopic (exact) mass is 390 g/mol. The third-order valence-corrected chi connectivity index (χ3v) is 5.24. The van der Waals surface area contributed by atoms with E-state index in [2.05, 4.69) is 27.2 Å². The van der Waals surface area contributed by atoms with E-state index in [9.17, 15) is 4.79 Å². The summed E-state index contributed by atoms with van der Waals surface area (Å²) < 4.78 is 6.09. The maximum absolute atomic E-state index is 13.4. The van der Waals surface area contributed by atoms with Gasteiger partial charge in [-0.3, -0.25) is 9.89 Å². The smallest absolute Gasteiger partial charge is 0.254 e. The van der Waals surface area contributed by atoms with Gasteiger partial charge in [0.25, 0.3) is 5.91 Å². The molecule has 1 N–H and O–H groups in total. The van der Waals surface area contributed by atoms with Crippen LogP contribution in [0.15, 0.2) is 66.9 Å². The number of morpholine rings is 1. The Balaban J connectivity index is 1.62. The lowest BCUT2D eigenvalue weighted by atomic mass is 9.96. The van der Waals surface area contributed by atoms with Crippen molar-refractivity contribution >= 4 is 5.91 Å². The quantitative estimate of drug-likeness (QED) is 0.727. The van der Waals surface area contributed by atoms with E-state index >= 15 is 0 Å². The molecule has 1 aliphatic heterocycles. The number of ether oxygens (including phenoxy) is 1. The third-order valence-electron chi connectivity index (χ3n) is 5.24. The fourth-order valence-electron chi connectivity index (χ4n) is 3.89. The molecule has 1 aromatic heterocycles. The highest BCUT2D eigenvalue weighted by molar-refractivity contribution is 5.95. The lowest BCUT2D eigenvalue weighted by Crippen LogP contribution is -2.51. The van der Waals surface area contributed by atoms with Crippen molar-refractivity contribution < 1.29 is 9.53 Å². The van der Waals surface area contributed by atoms with Gasteiger partial charge in [0.05, 0.1) is 24.4 Å². The lowest BCUT2D eigenvalue weighted by molar-refractivity contribution is -0.0684. The van der Waals surface area contributed by atoms with Crippen LogP contribution in [0, 0.1) is 0 Å². The number of nitrogens with one attached hydrogen (secondary N) is 1. The number of aromatic amines is 1. The van der Waals surface area contributed by atoms with Crippen LogP contribution in [-0.4, -0.2) is 65.8 Å². The maximum Gasteiger partial charge on any atom is 0.254 e. The molecule has 1 amide bonds. The number of benzene rings is 2. The number of hydrogen-bond acceptors (Lipinski definition) is 4. The molecule has 150 valence electrons. The molecule has 6 nitrogen and oxygen atoms in total. The van der Waals surface area contributed by atoms with E-state index in [-0.39, 0.29) is 18.1 Å². The van der Waals surface area contributed by atoms with Gasteiger partial charge >= 0.3 is 0 Å². The summed E-state index contributed by atoms with van der Waals surface area (Å²) in [6.45, 7) is 1.87. The fourth-order valence-corrected chi connectivity index (χ4v) is 3.89. The van der Waals surface area contributed by atoms with E-state index in [1.165, 1.54) is 0 Å². The molecule has 2 aromatic carbocycles. The second-order valence-corrected chi connectivity index (χ2v) is 7.57. The van der Waals surface area contributed by atoms with Gasteiger partial charge in [0.1, 0.15) is 0 Å². The molecule has 1 aliphatic rings. The number of nitrogens with zero attached hydrogens (tertiary/aromatic N) is 3. The zero-order chi connectivity index (χ0) is 20.2. The van der Waals surface area contributed by atoms with E-state index in [4.69, 9.17) is 4.74 Å². The van der Waals surface area contributed by atoms with Crippen molar-refractivity contribution in [2.24, 2.45) is 0 Å². The van der Waals surface area contributed by atoms with E-state index in [1.807, 2.05) is 67.5 Å².